The van der Waals surface area contributed by atoms with Crippen molar-refractivity contribution < 1.29 is 9.53 Å². The van der Waals surface area contributed by atoms with E-state index in [1.165, 1.54) is 41.5 Å². The number of unbranched alkanes of at least 4 members (excludes halogenated alkanes) is 1. The number of benzene rings is 2. The van der Waals surface area contributed by atoms with Crippen molar-refractivity contribution in [2.45, 2.75) is 51.9 Å². The zero-order valence-electron chi connectivity index (χ0n) is 16.5. The zero-order chi connectivity index (χ0) is 19.1. The Morgan fingerprint density at radius 2 is 1.56 bits per heavy atom. The molecule has 1 N–H and O–H groups in total. The van der Waals surface area contributed by atoms with Gasteiger partial charge in [-0.2, -0.15) is 0 Å². The van der Waals surface area contributed by atoms with E-state index in [9.17, 15) is 4.79 Å². The lowest BCUT2D eigenvalue weighted by Gasteiger charge is -2.15. The van der Waals surface area contributed by atoms with Crippen LogP contribution in [0.15, 0.2) is 48.5 Å². The number of ether oxygens (including phenoxy) is 1. The Balaban J connectivity index is 1.47. The van der Waals surface area contributed by atoms with Crippen molar-refractivity contribution in [2.75, 3.05) is 13.2 Å². The summed E-state index contributed by atoms with van der Waals surface area (Å²) < 4.78 is 5.56. The zero-order valence-corrected chi connectivity index (χ0v) is 16.5. The molecule has 0 radical (unpaired) electrons. The number of carbonyl (C=O) groups is 1. The lowest BCUT2D eigenvalue weighted by Crippen LogP contribution is -2.27. The maximum Gasteiger partial charge on any atom is 0.407 e. The van der Waals surface area contributed by atoms with Crippen molar-refractivity contribution in [3.63, 3.8) is 0 Å². The minimum atomic E-state index is -0.306. The largest absolute Gasteiger partial charge is 0.449 e. The molecule has 144 valence electrons. The predicted molar refractivity (Wildman–Crippen MR) is 111 cm³/mol. The molecular weight excluding hydrogens is 334 g/mol. The number of nitrogens with one attached hydrogen (secondary N) is 1. The quantitative estimate of drug-likeness (QED) is 0.543. The summed E-state index contributed by atoms with van der Waals surface area (Å²) >= 11 is 0. The molecule has 27 heavy (non-hydrogen) atoms. The third-order valence-electron chi connectivity index (χ3n) is 5.81. The van der Waals surface area contributed by atoms with Crippen LogP contribution >= 0.6 is 0 Å². The highest BCUT2D eigenvalue weighted by Gasteiger charge is 2.28. The highest BCUT2D eigenvalue weighted by atomic mass is 16.5. The van der Waals surface area contributed by atoms with Crippen LogP contribution in [0.3, 0.4) is 0 Å². The molecule has 3 heteroatoms. The minimum absolute atomic E-state index is 0.123. The molecule has 0 aliphatic heterocycles. The summed E-state index contributed by atoms with van der Waals surface area (Å²) in [6.07, 6.45) is 5.61. The van der Waals surface area contributed by atoms with Crippen LogP contribution in [-0.4, -0.2) is 19.2 Å². The number of rotatable bonds is 9. The first-order valence-corrected chi connectivity index (χ1v) is 10.3. The van der Waals surface area contributed by atoms with Gasteiger partial charge in [-0.05, 0) is 34.6 Å². The third-order valence-corrected chi connectivity index (χ3v) is 5.81. The second kappa shape index (κ2) is 9.59. The monoisotopic (exact) mass is 365 g/mol. The van der Waals surface area contributed by atoms with E-state index in [1.54, 1.807) is 0 Å². The molecule has 0 atom stereocenters. The molecule has 0 saturated heterocycles. The molecule has 0 aromatic heterocycles. The summed E-state index contributed by atoms with van der Waals surface area (Å²) in [6.45, 7) is 5.58. The number of hydrogen-bond donors (Lipinski definition) is 1. The van der Waals surface area contributed by atoms with E-state index in [1.807, 2.05) is 0 Å². The molecule has 0 fully saturated rings. The molecule has 0 spiro atoms. The highest BCUT2D eigenvalue weighted by molar-refractivity contribution is 5.79. The molecule has 1 aliphatic rings. The molecular formula is C24H31NO2. The van der Waals surface area contributed by atoms with Crippen molar-refractivity contribution in [3.8, 4) is 11.1 Å². The molecule has 2 aromatic rings. The Hall–Kier alpha value is -2.29. The van der Waals surface area contributed by atoms with Gasteiger partial charge in [0.15, 0.2) is 0 Å². The van der Waals surface area contributed by atoms with Crippen LogP contribution in [0.5, 0.6) is 0 Å². The van der Waals surface area contributed by atoms with Crippen LogP contribution < -0.4 is 5.32 Å². The number of amides is 1. The first-order valence-electron chi connectivity index (χ1n) is 10.3. The lowest BCUT2D eigenvalue weighted by molar-refractivity contribution is 0.143. The summed E-state index contributed by atoms with van der Waals surface area (Å²) in [5.74, 6) is 0.942. The molecule has 0 heterocycles. The van der Waals surface area contributed by atoms with Crippen molar-refractivity contribution in [2.24, 2.45) is 5.92 Å². The van der Waals surface area contributed by atoms with Gasteiger partial charge in [0.1, 0.15) is 6.61 Å². The summed E-state index contributed by atoms with van der Waals surface area (Å²) in [6, 6.07) is 16.8. The Labute approximate surface area is 163 Å². The average molecular weight is 366 g/mol. The number of hydrogen-bond acceptors (Lipinski definition) is 2. The van der Waals surface area contributed by atoms with Gasteiger partial charge in [-0.1, -0.05) is 88.1 Å². The molecule has 3 nitrogen and oxygen atoms in total. The second-order valence-corrected chi connectivity index (χ2v) is 7.43. The number of alkyl carbamates (subject to hydrolysis) is 1. The van der Waals surface area contributed by atoms with Crippen LogP contribution in [0.4, 0.5) is 4.79 Å². The van der Waals surface area contributed by atoms with E-state index >= 15 is 0 Å². The summed E-state index contributed by atoms with van der Waals surface area (Å²) in [7, 11) is 0. The van der Waals surface area contributed by atoms with Crippen LogP contribution in [0.2, 0.25) is 0 Å². The molecule has 0 bridgehead atoms. The fourth-order valence-electron chi connectivity index (χ4n) is 4.09. The minimum Gasteiger partial charge on any atom is -0.449 e. The molecule has 0 saturated carbocycles. The maximum absolute atomic E-state index is 12.1. The highest BCUT2D eigenvalue weighted by Crippen LogP contribution is 2.44. The summed E-state index contributed by atoms with van der Waals surface area (Å²) in [5.41, 5.74) is 5.00. The van der Waals surface area contributed by atoms with Gasteiger partial charge < -0.3 is 10.1 Å². The first-order chi connectivity index (χ1) is 13.2. The van der Waals surface area contributed by atoms with Gasteiger partial charge in [-0.3, -0.25) is 0 Å². The fraction of sp³-hybridized carbons (Fsp3) is 0.458. The van der Waals surface area contributed by atoms with E-state index in [4.69, 9.17) is 4.74 Å². The number of fused-ring (bicyclic) bond motifs is 3. The van der Waals surface area contributed by atoms with Gasteiger partial charge in [0.25, 0.3) is 0 Å². The van der Waals surface area contributed by atoms with Gasteiger partial charge in [0.2, 0.25) is 0 Å². The van der Waals surface area contributed by atoms with Crippen molar-refractivity contribution in [3.05, 3.63) is 59.7 Å². The smallest absolute Gasteiger partial charge is 0.407 e. The Morgan fingerprint density at radius 3 is 2.15 bits per heavy atom. The molecule has 3 rings (SSSR count). The Bertz CT molecular complexity index is 706. The fourth-order valence-corrected chi connectivity index (χ4v) is 4.09. The predicted octanol–water partition coefficient (Wildman–Crippen LogP) is 6.13. The van der Waals surface area contributed by atoms with Gasteiger partial charge in [-0.15, -0.1) is 0 Å². The first kappa shape index (κ1) is 19.5. The Morgan fingerprint density at radius 1 is 0.963 bits per heavy atom. The average Bonchev–Trinajstić information content (AvgIpc) is 3.03. The van der Waals surface area contributed by atoms with E-state index in [0.29, 0.717) is 13.2 Å². The molecule has 1 aliphatic carbocycles. The molecule has 0 unspecified atom stereocenters. The lowest BCUT2D eigenvalue weighted by atomic mass is 9.97. The normalized spacial score (nSPS) is 12.7. The van der Waals surface area contributed by atoms with E-state index in [0.717, 1.165) is 18.8 Å². The van der Waals surface area contributed by atoms with E-state index < -0.39 is 0 Å². The molecule has 1 amide bonds. The summed E-state index contributed by atoms with van der Waals surface area (Å²) in [5, 5.41) is 2.90. The van der Waals surface area contributed by atoms with Crippen LogP contribution in [0.25, 0.3) is 11.1 Å². The van der Waals surface area contributed by atoms with Crippen LogP contribution in [0, 0.1) is 5.92 Å². The van der Waals surface area contributed by atoms with Gasteiger partial charge in [-0.25, -0.2) is 4.79 Å². The van der Waals surface area contributed by atoms with Gasteiger partial charge in [0.05, 0.1) is 0 Å². The molecule has 2 aromatic carbocycles. The second-order valence-electron chi connectivity index (χ2n) is 7.43. The Kier molecular flexibility index (Phi) is 6.92. The van der Waals surface area contributed by atoms with E-state index in [-0.39, 0.29) is 12.0 Å². The summed E-state index contributed by atoms with van der Waals surface area (Å²) in [4.78, 5) is 12.1. The van der Waals surface area contributed by atoms with E-state index in [2.05, 4.69) is 67.7 Å². The standard InChI is InChI=1S/C24H31NO2/c1-3-18(4-2)11-9-10-16-25-24(26)27-17-23-21-14-7-5-12-19(21)20-13-6-8-15-22(20)23/h5-8,12-15,18,23H,3-4,9-11,16-17H2,1-2H3,(H,25,26). The van der Waals surface area contributed by atoms with Crippen molar-refractivity contribution >= 4 is 6.09 Å². The van der Waals surface area contributed by atoms with Crippen LogP contribution in [0.1, 0.15) is 63.0 Å². The maximum atomic E-state index is 12.1. The van der Waals surface area contributed by atoms with Crippen LogP contribution in [-0.2, 0) is 4.74 Å². The van der Waals surface area contributed by atoms with Gasteiger partial charge >= 0.3 is 6.09 Å². The van der Waals surface area contributed by atoms with Crippen molar-refractivity contribution in [1.82, 2.24) is 5.32 Å². The SMILES string of the molecule is CCC(CC)CCCCNC(=O)OCC1c2ccccc2-c2ccccc21. The number of carbonyl (C=O) groups excluding carboxylic acids is 1. The topological polar surface area (TPSA) is 38.3 Å². The van der Waals surface area contributed by atoms with Gasteiger partial charge in [0, 0.05) is 12.5 Å². The van der Waals surface area contributed by atoms with Crippen molar-refractivity contribution in [1.29, 1.82) is 0 Å². The third kappa shape index (κ3) is 4.71.